The highest BCUT2D eigenvalue weighted by molar-refractivity contribution is 7.15. The molecule has 0 aliphatic carbocycles. The average molecular weight is 317 g/mol. The SMILES string of the molecule is O=C(O)c1ccc(C(=O)N2CCOCC2c2ccccc2)s1. The number of thiophene rings is 1. The largest absolute Gasteiger partial charge is 0.477 e. The third-order valence-corrected chi connectivity index (χ3v) is 4.66. The molecule has 114 valence electrons. The van der Waals surface area contributed by atoms with Gasteiger partial charge in [0, 0.05) is 6.54 Å². The first kappa shape index (κ1) is 14.7. The summed E-state index contributed by atoms with van der Waals surface area (Å²) in [6.07, 6.45) is 0. The second-order valence-electron chi connectivity index (χ2n) is 4.97. The Morgan fingerprint density at radius 2 is 1.86 bits per heavy atom. The quantitative estimate of drug-likeness (QED) is 0.945. The Bertz CT molecular complexity index is 682. The number of carbonyl (C=O) groups is 2. The van der Waals surface area contributed by atoms with Crippen molar-refractivity contribution in [1.29, 1.82) is 0 Å². The van der Waals surface area contributed by atoms with Crippen LogP contribution >= 0.6 is 11.3 Å². The van der Waals surface area contributed by atoms with E-state index in [1.165, 1.54) is 6.07 Å². The fraction of sp³-hybridized carbons (Fsp3) is 0.250. The lowest BCUT2D eigenvalue weighted by Gasteiger charge is -2.35. The van der Waals surface area contributed by atoms with Gasteiger partial charge in [-0.15, -0.1) is 11.3 Å². The smallest absolute Gasteiger partial charge is 0.345 e. The highest BCUT2D eigenvalue weighted by Gasteiger charge is 2.30. The first-order valence-corrected chi connectivity index (χ1v) is 7.75. The van der Waals surface area contributed by atoms with Crippen LogP contribution in [0.1, 0.15) is 30.9 Å². The number of nitrogens with zero attached hydrogens (tertiary/aromatic N) is 1. The number of carboxylic acid groups (broad SMARTS) is 1. The molecule has 1 atom stereocenters. The number of carbonyl (C=O) groups excluding carboxylic acids is 1. The highest BCUT2D eigenvalue weighted by atomic mass is 32.1. The van der Waals surface area contributed by atoms with Crippen molar-refractivity contribution in [2.45, 2.75) is 6.04 Å². The molecule has 2 heterocycles. The summed E-state index contributed by atoms with van der Waals surface area (Å²) in [4.78, 5) is 26.1. The van der Waals surface area contributed by atoms with Crippen molar-refractivity contribution in [2.24, 2.45) is 0 Å². The number of carboxylic acids is 1. The van der Waals surface area contributed by atoms with Crippen LogP contribution in [0.5, 0.6) is 0 Å². The molecule has 1 amide bonds. The van der Waals surface area contributed by atoms with Crippen LogP contribution in [0.3, 0.4) is 0 Å². The van der Waals surface area contributed by atoms with Gasteiger partial charge < -0.3 is 14.7 Å². The third-order valence-electron chi connectivity index (χ3n) is 3.60. The van der Waals surface area contributed by atoms with Gasteiger partial charge in [0.2, 0.25) is 0 Å². The van der Waals surface area contributed by atoms with Gasteiger partial charge >= 0.3 is 5.97 Å². The first-order valence-electron chi connectivity index (χ1n) is 6.93. The molecule has 5 nitrogen and oxygen atoms in total. The number of benzene rings is 1. The third kappa shape index (κ3) is 2.88. The van der Waals surface area contributed by atoms with Crippen LogP contribution in [-0.4, -0.2) is 41.6 Å². The number of amides is 1. The van der Waals surface area contributed by atoms with Gasteiger partial charge in [0.15, 0.2) is 0 Å². The van der Waals surface area contributed by atoms with Crippen LogP contribution in [0.4, 0.5) is 0 Å². The van der Waals surface area contributed by atoms with Crippen molar-refractivity contribution >= 4 is 23.2 Å². The number of aromatic carboxylic acids is 1. The van der Waals surface area contributed by atoms with Gasteiger partial charge in [0.05, 0.1) is 24.1 Å². The lowest BCUT2D eigenvalue weighted by atomic mass is 10.0. The molecular formula is C16H15NO4S. The summed E-state index contributed by atoms with van der Waals surface area (Å²) < 4.78 is 5.51. The van der Waals surface area contributed by atoms with Crippen LogP contribution in [0.15, 0.2) is 42.5 Å². The van der Waals surface area contributed by atoms with E-state index in [2.05, 4.69) is 0 Å². The van der Waals surface area contributed by atoms with E-state index in [9.17, 15) is 9.59 Å². The molecule has 1 aromatic carbocycles. The molecule has 22 heavy (non-hydrogen) atoms. The number of morpholine rings is 1. The Kier molecular flexibility index (Phi) is 4.22. The van der Waals surface area contributed by atoms with Gasteiger partial charge in [0.1, 0.15) is 4.88 Å². The maximum Gasteiger partial charge on any atom is 0.345 e. The van der Waals surface area contributed by atoms with Crippen molar-refractivity contribution in [3.05, 3.63) is 57.8 Å². The van der Waals surface area contributed by atoms with Gasteiger partial charge in [-0.1, -0.05) is 30.3 Å². The van der Waals surface area contributed by atoms with Gasteiger partial charge in [-0.25, -0.2) is 4.79 Å². The summed E-state index contributed by atoms with van der Waals surface area (Å²) in [5.41, 5.74) is 1.02. The maximum absolute atomic E-state index is 12.7. The van der Waals surface area contributed by atoms with Crippen LogP contribution < -0.4 is 0 Å². The summed E-state index contributed by atoms with van der Waals surface area (Å²) in [6.45, 7) is 1.44. The second kappa shape index (κ2) is 6.29. The normalized spacial score (nSPS) is 18.2. The van der Waals surface area contributed by atoms with Gasteiger partial charge in [-0.3, -0.25) is 4.79 Å². The molecule has 0 saturated carbocycles. The molecule has 1 N–H and O–H groups in total. The van der Waals surface area contributed by atoms with Crippen LogP contribution in [-0.2, 0) is 4.74 Å². The molecule has 1 aliphatic rings. The standard InChI is InChI=1S/C16H15NO4S/c18-15(13-6-7-14(22-13)16(19)20)17-8-9-21-10-12(17)11-4-2-1-3-5-11/h1-7,12H,8-10H2,(H,19,20). The van der Waals surface area contributed by atoms with Gasteiger partial charge in [-0.2, -0.15) is 0 Å². The van der Waals surface area contributed by atoms with Gasteiger partial charge in [0.25, 0.3) is 5.91 Å². The lowest BCUT2D eigenvalue weighted by Crippen LogP contribution is -2.43. The van der Waals surface area contributed by atoms with E-state index < -0.39 is 5.97 Å². The first-order chi connectivity index (χ1) is 10.7. The molecule has 1 fully saturated rings. The van der Waals surface area contributed by atoms with Crippen LogP contribution in [0.25, 0.3) is 0 Å². The highest BCUT2D eigenvalue weighted by Crippen LogP contribution is 2.28. The van der Waals surface area contributed by atoms with Crippen molar-refractivity contribution in [2.75, 3.05) is 19.8 Å². The maximum atomic E-state index is 12.7. The van der Waals surface area contributed by atoms with Crippen molar-refractivity contribution in [1.82, 2.24) is 4.90 Å². The molecule has 1 unspecified atom stereocenters. The predicted molar refractivity (Wildman–Crippen MR) is 82.3 cm³/mol. The van der Waals surface area contributed by atoms with E-state index in [0.29, 0.717) is 24.6 Å². The Balaban J connectivity index is 1.86. The Morgan fingerprint density at radius 3 is 2.55 bits per heavy atom. The topological polar surface area (TPSA) is 66.8 Å². The van der Waals surface area contributed by atoms with E-state index in [1.54, 1.807) is 11.0 Å². The summed E-state index contributed by atoms with van der Waals surface area (Å²) in [7, 11) is 0. The molecular weight excluding hydrogens is 302 g/mol. The minimum Gasteiger partial charge on any atom is -0.477 e. The van der Waals surface area contributed by atoms with Crippen molar-refractivity contribution < 1.29 is 19.4 Å². The molecule has 0 radical (unpaired) electrons. The Labute approximate surface area is 131 Å². The molecule has 3 rings (SSSR count). The van der Waals surface area contributed by atoms with E-state index in [0.717, 1.165) is 16.9 Å². The predicted octanol–water partition coefficient (Wildman–Crippen LogP) is 2.66. The minimum atomic E-state index is -1.01. The molecule has 1 saturated heterocycles. The fourth-order valence-corrected chi connectivity index (χ4v) is 3.31. The zero-order valence-corrected chi connectivity index (χ0v) is 12.6. The molecule has 0 bridgehead atoms. The number of hydrogen-bond donors (Lipinski definition) is 1. The molecule has 2 aromatic rings. The Morgan fingerprint density at radius 1 is 1.14 bits per heavy atom. The summed E-state index contributed by atoms with van der Waals surface area (Å²) in [6, 6.07) is 12.6. The summed E-state index contributed by atoms with van der Waals surface area (Å²) in [5.74, 6) is -1.15. The Hall–Kier alpha value is -2.18. The molecule has 1 aliphatic heterocycles. The number of rotatable bonds is 3. The number of hydrogen-bond acceptors (Lipinski definition) is 4. The van der Waals surface area contributed by atoms with E-state index in [-0.39, 0.29) is 16.8 Å². The van der Waals surface area contributed by atoms with E-state index in [4.69, 9.17) is 9.84 Å². The van der Waals surface area contributed by atoms with E-state index in [1.807, 2.05) is 30.3 Å². The monoisotopic (exact) mass is 317 g/mol. The average Bonchev–Trinajstić information content (AvgIpc) is 3.05. The summed E-state index contributed by atoms with van der Waals surface area (Å²) >= 11 is 1.01. The number of ether oxygens (including phenoxy) is 1. The van der Waals surface area contributed by atoms with Gasteiger partial charge in [-0.05, 0) is 17.7 Å². The molecule has 6 heteroatoms. The zero-order valence-electron chi connectivity index (χ0n) is 11.8. The molecule has 0 spiro atoms. The van der Waals surface area contributed by atoms with Crippen molar-refractivity contribution in [3.8, 4) is 0 Å². The zero-order chi connectivity index (χ0) is 15.5. The molecule has 1 aromatic heterocycles. The lowest BCUT2D eigenvalue weighted by molar-refractivity contribution is -0.00243. The summed E-state index contributed by atoms with van der Waals surface area (Å²) in [5, 5.41) is 8.99. The second-order valence-corrected chi connectivity index (χ2v) is 6.05. The van der Waals surface area contributed by atoms with Crippen LogP contribution in [0.2, 0.25) is 0 Å². The fourth-order valence-electron chi connectivity index (χ4n) is 2.51. The van der Waals surface area contributed by atoms with E-state index >= 15 is 0 Å². The minimum absolute atomic E-state index is 0.141. The van der Waals surface area contributed by atoms with Crippen molar-refractivity contribution in [3.63, 3.8) is 0 Å². The van der Waals surface area contributed by atoms with Crippen LogP contribution in [0, 0.1) is 0 Å².